The molecule has 0 atom stereocenters. The van der Waals surface area contributed by atoms with E-state index in [0.717, 1.165) is 33.7 Å². The van der Waals surface area contributed by atoms with Crippen LogP contribution in [0.2, 0.25) is 0 Å². The molecule has 0 aliphatic carbocycles. The number of aromatic nitrogens is 1. The van der Waals surface area contributed by atoms with Crippen molar-refractivity contribution in [2.45, 2.75) is 0 Å². The summed E-state index contributed by atoms with van der Waals surface area (Å²) < 4.78 is 10.6. The highest BCUT2D eigenvalue weighted by Crippen LogP contribution is 2.23. The molecule has 1 N–H and O–H groups in total. The Balaban J connectivity index is 1.86. The number of ether oxygens (including phenoxy) is 2. The first kappa shape index (κ1) is 14.8. The van der Waals surface area contributed by atoms with Crippen molar-refractivity contribution in [1.29, 1.82) is 0 Å². The standard InChI is InChI=1S/C18H17N3O2/c1-22-15-8-9-17(23-2)14(11-15)12-20-21-16-7-3-5-13-6-4-10-19-18(13)16/h3-12,21H,1-2H3/b20-12+. The fourth-order valence-corrected chi connectivity index (χ4v) is 2.31. The van der Waals surface area contributed by atoms with Gasteiger partial charge in [0, 0.05) is 17.1 Å². The van der Waals surface area contributed by atoms with Crippen molar-refractivity contribution >= 4 is 22.8 Å². The molecule has 1 heterocycles. The number of nitrogens with one attached hydrogen (secondary N) is 1. The summed E-state index contributed by atoms with van der Waals surface area (Å²) in [6.07, 6.45) is 3.46. The van der Waals surface area contributed by atoms with E-state index in [4.69, 9.17) is 9.47 Å². The molecule has 0 aliphatic rings. The topological polar surface area (TPSA) is 55.7 Å². The molecule has 0 amide bonds. The first-order valence-corrected chi connectivity index (χ1v) is 7.16. The van der Waals surface area contributed by atoms with Crippen molar-refractivity contribution < 1.29 is 9.47 Å². The average molecular weight is 307 g/mol. The third-order valence-electron chi connectivity index (χ3n) is 3.46. The second-order valence-electron chi connectivity index (χ2n) is 4.86. The molecule has 5 heteroatoms. The molecule has 0 fully saturated rings. The van der Waals surface area contributed by atoms with Crippen LogP contribution in [0.5, 0.6) is 11.5 Å². The van der Waals surface area contributed by atoms with Crippen LogP contribution in [0.4, 0.5) is 5.69 Å². The number of benzene rings is 2. The second-order valence-corrected chi connectivity index (χ2v) is 4.86. The number of pyridine rings is 1. The smallest absolute Gasteiger partial charge is 0.127 e. The Morgan fingerprint density at radius 1 is 1.04 bits per heavy atom. The lowest BCUT2D eigenvalue weighted by atomic mass is 10.2. The monoisotopic (exact) mass is 307 g/mol. The predicted octanol–water partition coefficient (Wildman–Crippen LogP) is 3.70. The van der Waals surface area contributed by atoms with E-state index >= 15 is 0 Å². The third-order valence-corrected chi connectivity index (χ3v) is 3.46. The molecule has 0 unspecified atom stereocenters. The predicted molar refractivity (Wildman–Crippen MR) is 92.5 cm³/mol. The van der Waals surface area contributed by atoms with Crippen molar-refractivity contribution in [2.75, 3.05) is 19.6 Å². The Morgan fingerprint density at radius 3 is 2.74 bits per heavy atom. The molecule has 23 heavy (non-hydrogen) atoms. The lowest BCUT2D eigenvalue weighted by Gasteiger charge is -2.07. The van der Waals surface area contributed by atoms with Crippen molar-refractivity contribution in [1.82, 2.24) is 4.98 Å². The number of nitrogens with zero attached hydrogens (tertiary/aromatic N) is 2. The van der Waals surface area contributed by atoms with Gasteiger partial charge in [-0.15, -0.1) is 0 Å². The minimum atomic E-state index is 0.729. The summed E-state index contributed by atoms with van der Waals surface area (Å²) in [7, 11) is 3.25. The maximum atomic E-state index is 5.33. The fourth-order valence-electron chi connectivity index (χ4n) is 2.31. The van der Waals surface area contributed by atoms with Crippen LogP contribution in [0.1, 0.15) is 5.56 Å². The average Bonchev–Trinajstić information content (AvgIpc) is 2.61. The molecule has 0 radical (unpaired) electrons. The first-order valence-electron chi connectivity index (χ1n) is 7.16. The maximum Gasteiger partial charge on any atom is 0.127 e. The molecule has 2 aromatic carbocycles. The zero-order chi connectivity index (χ0) is 16.1. The summed E-state index contributed by atoms with van der Waals surface area (Å²) in [6.45, 7) is 0. The summed E-state index contributed by atoms with van der Waals surface area (Å²) in [5.41, 5.74) is 5.59. The highest BCUT2D eigenvalue weighted by atomic mass is 16.5. The van der Waals surface area contributed by atoms with Crippen LogP contribution >= 0.6 is 0 Å². The third kappa shape index (κ3) is 3.23. The number of hydrazone groups is 1. The van der Waals surface area contributed by atoms with Crippen molar-refractivity contribution in [2.24, 2.45) is 5.10 Å². The minimum Gasteiger partial charge on any atom is -0.497 e. The summed E-state index contributed by atoms with van der Waals surface area (Å²) >= 11 is 0. The van der Waals surface area contributed by atoms with Gasteiger partial charge in [0.2, 0.25) is 0 Å². The van der Waals surface area contributed by atoms with E-state index in [0.29, 0.717) is 0 Å². The second kappa shape index (κ2) is 6.79. The van der Waals surface area contributed by atoms with Gasteiger partial charge in [-0.3, -0.25) is 10.4 Å². The van der Waals surface area contributed by atoms with E-state index < -0.39 is 0 Å². The van der Waals surface area contributed by atoms with Gasteiger partial charge in [0.15, 0.2) is 0 Å². The number of hydrogen-bond donors (Lipinski definition) is 1. The van der Waals surface area contributed by atoms with Crippen LogP contribution in [0.25, 0.3) is 10.9 Å². The van der Waals surface area contributed by atoms with Crippen LogP contribution in [0, 0.1) is 0 Å². The molecule has 5 nitrogen and oxygen atoms in total. The van der Waals surface area contributed by atoms with Crippen LogP contribution in [0.15, 0.2) is 59.8 Å². The van der Waals surface area contributed by atoms with E-state index in [1.165, 1.54) is 0 Å². The molecule has 0 spiro atoms. The summed E-state index contributed by atoms with van der Waals surface area (Å²) in [5.74, 6) is 1.48. The van der Waals surface area contributed by atoms with Crippen LogP contribution < -0.4 is 14.9 Å². The van der Waals surface area contributed by atoms with E-state index in [2.05, 4.69) is 15.5 Å². The Labute approximate surface area is 134 Å². The number of rotatable bonds is 5. The van der Waals surface area contributed by atoms with Crippen molar-refractivity contribution in [3.8, 4) is 11.5 Å². The summed E-state index contributed by atoms with van der Waals surface area (Å²) in [5, 5.41) is 5.36. The van der Waals surface area contributed by atoms with Crippen LogP contribution in [-0.2, 0) is 0 Å². The SMILES string of the molecule is COc1ccc(OC)c(/C=N/Nc2cccc3cccnc23)c1. The fraction of sp³-hybridized carbons (Fsp3) is 0.111. The number of fused-ring (bicyclic) bond motifs is 1. The van der Waals surface area contributed by atoms with Gasteiger partial charge >= 0.3 is 0 Å². The first-order chi connectivity index (χ1) is 11.3. The van der Waals surface area contributed by atoms with Crippen LogP contribution in [0.3, 0.4) is 0 Å². The van der Waals surface area contributed by atoms with Gasteiger partial charge in [0.05, 0.1) is 31.6 Å². The number of hydrogen-bond acceptors (Lipinski definition) is 5. The maximum absolute atomic E-state index is 5.33. The molecule has 3 rings (SSSR count). The largest absolute Gasteiger partial charge is 0.497 e. The highest BCUT2D eigenvalue weighted by molar-refractivity contribution is 5.91. The van der Waals surface area contributed by atoms with E-state index in [1.807, 2.05) is 48.5 Å². The molecule has 0 aliphatic heterocycles. The molecule has 0 saturated heterocycles. The van der Waals surface area contributed by atoms with E-state index in [1.54, 1.807) is 26.6 Å². The highest BCUT2D eigenvalue weighted by Gasteiger charge is 2.03. The Morgan fingerprint density at radius 2 is 1.91 bits per heavy atom. The summed E-state index contributed by atoms with van der Waals surface area (Å²) in [4.78, 5) is 4.39. The Bertz CT molecular complexity index is 841. The van der Waals surface area contributed by atoms with Gasteiger partial charge < -0.3 is 9.47 Å². The van der Waals surface area contributed by atoms with Gasteiger partial charge in [-0.25, -0.2) is 0 Å². The van der Waals surface area contributed by atoms with Crippen LogP contribution in [-0.4, -0.2) is 25.4 Å². The van der Waals surface area contributed by atoms with E-state index in [-0.39, 0.29) is 0 Å². The molecule has 3 aromatic rings. The molecule has 0 bridgehead atoms. The molecule has 1 aromatic heterocycles. The van der Waals surface area contributed by atoms with Gasteiger partial charge in [0.25, 0.3) is 0 Å². The number of methoxy groups -OCH3 is 2. The Hall–Kier alpha value is -3.08. The van der Waals surface area contributed by atoms with Gasteiger partial charge in [-0.05, 0) is 30.3 Å². The number of anilines is 1. The van der Waals surface area contributed by atoms with Crippen molar-refractivity contribution in [3.05, 3.63) is 60.3 Å². The lowest BCUT2D eigenvalue weighted by molar-refractivity contribution is 0.402. The minimum absolute atomic E-state index is 0.729. The van der Waals surface area contributed by atoms with Gasteiger partial charge in [-0.2, -0.15) is 5.10 Å². The number of para-hydroxylation sites is 1. The van der Waals surface area contributed by atoms with Crippen molar-refractivity contribution in [3.63, 3.8) is 0 Å². The molecular formula is C18H17N3O2. The quantitative estimate of drug-likeness (QED) is 0.577. The van der Waals surface area contributed by atoms with Gasteiger partial charge in [-0.1, -0.05) is 18.2 Å². The summed E-state index contributed by atoms with van der Waals surface area (Å²) in [6, 6.07) is 15.4. The normalized spacial score (nSPS) is 10.9. The zero-order valence-electron chi connectivity index (χ0n) is 13.0. The van der Waals surface area contributed by atoms with E-state index in [9.17, 15) is 0 Å². The Kier molecular flexibility index (Phi) is 4.38. The molecular weight excluding hydrogens is 290 g/mol. The molecule has 0 saturated carbocycles. The van der Waals surface area contributed by atoms with Gasteiger partial charge in [0.1, 0.15) is 11.5 Å². The lowest BCUT2D eigenvalue weighted by Crippen LogP contribution is -1.96. The zero-order valence-corrected chi connectivity index (χ0v) is 13.0. The molecule has 116 valence electrons.